The Balaban J connectivity index is 3.55. The minimum atomic E-state index is 1.20. The summed E-state index contributed by atoms with van der Waals surface area (Å²) >= 11 is 2.34. The van der Waals surface area contributed by atoms with E-state index in [-0.39, 0.29) is 0 Å². The maximum atomic E-state index is 2.34. The second-order valence-electron chi connectivity index (χ2n) is 1.88. The minimum absolute atomic E-state index is 1.20. The second-order valence-corrected chi connectivity index (χ2v) is 3.12. The molecule has 0 heterocycles. The molecule has 0 nitrogen and oxygen atoms in total. The molecule has 0 aromatic rings. The average molecular weight is 236 g/mol. The summed E-state index contributed by atoms with van der Waals surface area (Å²) in [6, 6.07) is 0. The van der Waals surface area contributed by atoms with Gasteiger partial charge in [0, 0.05) is 3.58 Å². The number of halogens is 1. The zero-order valence-corrected chi connectivity index (χ0v) is 8.18. The number of allylic oxidation sites excluding steroid dienone is 4. The first-order valence-corrected chi connectivity index (χ1v) is 4.37. The third kappa shape index (κ3) is 6.09. The van der Waals surface area contributed by atoms with Gasteiger partial charge in [0.2, 0.25) is 0 Å². The Morgan fingerprint density at radius 3 is 2.67 bits per heavy atom. The molecular formula is C8H13I. The highest BCUT2D eigenvalue weighted by atomic mass is 127. The predicted octanol–water partition coefficient (Wildman–Crippen LogP) is 3.68. The lowest BCUT2D eigenvalue weighted by Gasteiger charge is -1.86. The Bertz CT molecular complexity index is 112. The number of hydrogen-bond acceptors (Lipinski definition) is 0. The van der Waals surface area contributed by atoms with Crippen molar-refractivity contribution in [3.05, 3.63) is 21.8 Å². The van der Waals surface area contributed by atoms with E-state index in [0.29, 0.717) is 0 Å². The third-order valence-corrected chi connectivity index (χ3v) is 1.75. The Kier molecular flexibility index (Phi) is 6.48. The van der Waals surface area contributed by atoms with Crippen molar-refractivity contribution in [2.75, 3.05) is 0 Å². The lowest BCUT2D eigenvalue weighted by molar-refractivity contribution is 0.958. The van der Waals surface area contributed by atoms with Crippen molar-refractivity contribution in [1.29, 1.82) is 0 Å². The molecular weight excluding hydrogens is 223 g/mol. The van der Waals surface area contributed by atoms with Gasteiger partial charge in [-0.2, -0.15) is 0 Å². The molecule has 0 aliphatic carbocycles. The first-order valence-electron chi connectivity index (χ1n) is 3.29. The van der Waals surface area contributed by atoms with Crippen LogP contribution in [0.25, 0.3) is 0 Å². The lowest BCUT2D eigenvalue weighted by atomic mass is 10.3. The zero-order chi connectivity index (χ0) is 7.11. The standard InChI is InChI=1S/C8H13I/c1-3-5-7-8(9)6-4-2/h4,6-7H,3,5H2,1-2H3/b6-4-,8-7+. The third-order valence-electron chi connectivity index (χ3n) is 0.954. The molecule has 52 valence electrons. The van der Waals surface area contributed by atoms with Crippen molar-refractivity contribution in [2.45, 2.75) is 26.7 Å². The van der Waals surface area contributed by atoms with E-state index < -0.39 is 0 Å². The Labute approximate surface area is 71.2 Å². The van der Waals surface area contributed by atoms with Crippen LogP contribution in [0.3, 0.4) is 0 Å². The SMILES string of the molecule is C/C=C\C(I)=C/CCC. The van der Waals surface area contributed by atoms with E-state index in [1.54, 1.807) is 0 Å². The van der Waals surface area contributed by atoms with E-state index in [2.05, 4.69) is 47.7 Å². The highest BCUT2D eigenvalue weighted by Crippen LogP contribution is 2.08. The van der Waals surface area contributed by atoms with Gasteiger partial charge >= 0.3 is 0 Å². The fraction of sp³-hybridized carbons (Fsp3) is 0.500. The monoisotopic (exact) mass is 236 g/mol. The van der Waals surface area contributed by atoms with Crippen molar-refractivity contribution < 1.29 is 0 Å². The molecule has 0 aromatic carbocycles. The van der Waals surface area contributed by atoms with E-state index in [4.69, 9.17) is 0 Å². The summed E-state index contributed by atoms with van der Waals surface area (Å²) in [6.07, 6.45) is 8.87. The summed E-state index contributed by atoms with van der Waals surface area (Å²) in [6.45, 7) is 4.23. The van der Waals surface area contributed by atoms with E-state index >= 15 is 0 Å². The fourth-order valence-electron chi connectivity index (χ4n) is 0.509. The Morgan fingerprint density at radius 1 is 1.56 bits per heavy atom. The molecule has 0 N–H and O–H groups in total. The van der Waals surface area contributed by atoms with Gasteiger partial charge in [0.05, 0.1) is 0 Å². The van der Waals surface area contributed by atoms with Crippen LogP contribution in [0.4, 0.5) is 0 Å². The van der Waals surface area contributed by atoms with Crippen molar-refractivity contribution in [2.24, 2.45) is 0 Å². The minimum Gasteiger partial charge on any atom is -0.0866 e. The number of hydrogen-bond donors (Lipinski definition) is 0. The van der Waals surface area contributed by atoms with Crippen LogP contribution in [-0.2, 0) is 0 Å². The smallest absolute Gasteiger partial charge is 0.00866 e. The van der Waals surface area contributed by atoms with Crippen LogP contribution in [0.5, 0.6) is 0 Å². The molecule has 0 aliphatic rings. The number of unbranched alkanes of at least 4 members (excludes halogenated alkanes) is 1. The summed E-state index contributed by atoms with van der Waals surface area (Å²) in [7, 11) is 0. The first-order chi connectivity index (χ1) is 4.31. The molecule has 9 heavy (non-hydrogen) atoms. The molecule has 0 unspecified atom stereocenters. The molecule has 0 amide bonds. The molecule has 0 saturated heterocycles. The van der Waals surface area contributed by atoms with Crippen LogP contribution < -0.4 is 0 Å². The molecule has 0 radical (unpaired) electrons. The van der Waals surface area contributed by atoms with Gasteiger partial charge in [-0.25, -0.2) is 0 Å². The number of rotatable bonds is 3. The summed E-state index contributed by atoms with van der Waals surface area (Å²) in [5, 5.41) is 0. The van der Waals surface area contributed by atoms with Gasteiger partial charge in [0.15, 0.2) is 0 Å². The highest BCUT2D eigenvalue weighted by molar-refractivity contribution is 14.1. The summed E-state index contributed by atoms with van der Waals surface area (Å²) in [5.74, 6) is 0. The quantitative estimate of drug-likeness (QED) is 0.518. The van der Waals surface area contributed by atoms with Gasteiger partial charge in [-0.3, -0.25) is 0 Å². The van der Waals surface area contributed by atoms with Crippen LogP contribution in [-0.4, -0.2) is 0 Å². The van der Waals surface area contributed by atoms with E-state index in [1.807, 2.05) is 6.92 Å². The molecule has 0 atom stereocenters. The van der Waals surface area contributed by atoms with Crippen LogP contribution in [0.2, 0.25) is 0 Å². The van der Waals surface area contributed by atoms with E-state index in [9.17, 15) is 0 Å². The maximum absolute atomic E-state index is 2.34. The molecule has 1 heteroatoms. The normalized spacial score (nSPS) is 13.0. The highest BCUT2D eigenvalue weighted by Gasteiger charge is 1.79. The summed E-state index contributed by atoms with van der Waals surface area (Å²) < 4.78 is 1.34. The molecule has 0 aliphatic heterocycles. The van der Waals surface area contributed by atoms with Gasteiger partial charge in [0.25, 0.3) is 0 Å². The fourth-order valence-corrected chi connectivity index (χ4v) is 1.18. The van der Waals surface area contributed by atoms with Crippen LogP contribution in [0.15, 0.2) is 21.8 Å². The predicted molar refractivity (Wildman–Crippen MR) is 51.8 cm³/mol. The Morgan fingerprint density at radius 2 is 2.22 bits per heavy atom. The van der Waals surface area contributed by atoms with Gasteiger partial charge in [-0.05, 0) is 35.9 Å². The molecule has 0 rings (SSSR count). The maximum Gasteiger partial charge on any atom is 0.00866 e. The van der Waals surface area contributed by atoms with Crippen molar-refractivity contribution in [3.8, 4) is 0 Å². The van der Waals surface area contributed by atoms with Gasteiger partial charge in [-0.15, -0.1) is 0 Å². The molecule has 0 aromatic heterocycles. The molecule has 0 spiro atoms. The summed E-state index contributed by atoms with van der Waals surface area (Å²) in [5.41, 5.74) is 0. The van der Waals surface area contributed by atoms with Crippen molar-refractivity contribution in [3.63, 3.8) is 0 Å². The topological polar surface area (TPSA) is 0 Å². The van der Waals surface area contributed by atoms with Crippen molar-refractivity contribution in [1.82, 2.24) is 0 Å². The Hall–Kier alpha value is 0.210. The van der Waals surface area contributed by atoms with Crippen LogP contribution in [0.1, 0.15) is 26.7 Å². The van der Waals surface area contributed by atoms with Gasteiger partial charge in [-0.1, -0.05) is 31.6 Å². The average Bonchev–Trinajstić information content (AvgIpc) is 1.85. The van der Waals surface area contributed by atoms with E-state index in [0.717, 1.165) is 0 Å². The lowest BCUT2D eigenvalue weighted by Crippen LogP contribution is -1.63. The molecule has 0 bridgehead atoms. The van der Waals surface area contributed by atoms with Crippen LogP contribution in [0, 0.1) is 0 Å². The molecule has 0 fully saturated rings. The first kappa shape index (κ1) is 9.21. The zero-order valence-electron chi connectivity index (χ0n) is 6.02. The summed E-state index contributed by atoms with van der Waals surface area (Å²) in [4.78, 5) is 0. The van der Waals surface area contributed by atoms with Crippen molar-refractivity contribution >= 4 is 22.6 Å². The molecule has 0 saturated carbocycles. The van der Waals surface area contributed by atoms with Gasteiger partial charge < -0.3 is 0 Å². The second kappa shape index (κ2) is 6.33. The van der Waals surface area contributed by atoms with E-state index in [1.165, 1.54) is 16.4 Å². The van der Waals surface area contributed by atoms with Gasteiger partial charge in [0.1, 0.15) is 0 Å². The largest absolute Gasteiger partial charge is 0.0866 e. The van der Waals surface area contributed by atoms with Crippen LogP contribution >= 0.6 is 22.6 Å².